The highest BCUT2D eigenvalue weighted by Gasteiger charge is 2.18. The molecule has 0 spiro atoms. The number of fused-ring (bicyclic) bond motifs is 2. The largest absolute Gasteiger partial charge is 0.493 e. The molecule has 212 valence electrons. The first-order valence-electron chi connectivity index (χ1n) is 13.1. The molecule has 4 aromatic carbocycles. The minimum absolute atomic E-state index is 0.138. The lowest BCUT2D eigenvalue weighted by Crippen LogP contribution is -2.20. The van der Waals surface area contributed by atoms with Gasteiger partial charge in [0, 0.05) is 21.0 Å². The number of methoxy groups -OCH3 is 2. The molecule has 6 aromatic rings. The van der Waals surface area contributed by atoms with E-state index in [0.717, 1.165) is 15.4 Å². The van der Waals surface area contributed by atoms with Crippen LogP contribution in [0.5, 0.6) is 17.2 Å². The molecule has 0 fully saturated rings. The number of hydrogen-bond acceptors (Lipinski definition) is 8. The number of rotatable bonds is 8. The minimum atomic E-state index is -0.353. The SMILES string of the molecule is COc1cc(C=Nn2c(-c3cc4cc(Br)ccc4o3)nc3ccccc3c2=O)cc(OC)c1OCc1ccccc1C#N. The van der Waals surface area contributed by atoms with Crippen LogP contribution in [-0.2, 0) is 6.61 Å². The minimum Gasteiger partial charge on any atom is -0.493 e. The highest BCUT2D eigenvalue weighted by Crippen LogP contribution is 2.39. The second-order valence-electron chi connectivity index (χ2n) is 9.42. The molecule has 2 aromatic heterocycles. The summed E-state index contributed by atoms with van der Waals surface area (Å²) in [6.07, 6.45) is 1.51. The molecule has 0 aliphatic rings. The van der Waals surface area contributed by atoms with Crippen LogP contribution in [0.1, 0.15) is 16.7 Å². The maximum Gasteiger partial charge on any atom is 0.282 e. The van der Waals surface area contributed by atoms with Crippen LogP contribution >= 0.6 is 15.9 Å². The highest BCUT2D eigenvalue weighted by atomic mass is 79.9. The lowest BCUT2D eigenvalue weighted by Gasteiger charge is -2.16. The van der Waals surface area contributed by atoms with E-state index in [0.29, 0.717) is 50.6 Å². The van der Waals surface area contributed by atoms with Crippen LogP contribution in [-0.4, -0.2) is 30.1 Å². The van der Waals surface area contributed by atoms with Crippen molar-refractivity contribution >= 4 is 44.0 Å². The summed E-state index contributed by atoms with van der Waals surface area (Å²) in [7, 11) is 3.03. The number of aromatic nitrogens is 2. The van der Waals surface area contributed by atoms with E-state index in [1.165, 1.54) is 25.1 Å². The average molecular weight is 635 g/mol. The van der Waals surface area contributed by atoms with Crippen LogP contribution in [0.3, 0.4) is 0 Å². The second kappa shape index (κ2) is 11.8. The molecule has 0 aliphatic carbocycles. The zero-order valence-corrected chi connectivity index (χ0v) is 24.7. The van der Waals surface area contributed by atoms with E-state index in [2.05, 4.69) is 27.1 Å². The monoisotopic (exact) mass is 634 g/mol. The van der Waals surface area contributed by atoms with Crippen LogP contribution in [0, 0.1) is 11.3 Å². The quantitative estimate of drug-likeness (QED) is 0.167. The summed E-state index contributed by atoms with van der Waals surface area (Å²) in [4.78, 5) is 18.4. The normalized spacial score (nSPS) is 11.2. The van der Waals surface area contributed by atoms with Gasteiger partial charge in [-0.25, -0.2) is 4.98 Å². The van der Waals surface area contributed by atoms with Gasteiger partial charge in [0.1, 0.15) is 12.2 Å². The Morgan fingerprint density at radius 3 is 2.51 bits per heavy atom. The van der Waals surface area contributed by atoms with Crippen LogP contribution in [0.4, 0.5) is 0 Å². The molecule has 9 nitrogen and oxygen atoms in total. The van der Waals surface area contributed by atoms with Gasteiger partial charge < -0.3 is 18.6 Å². The first kappa shape index (κ1) is 27.8. The number of benzene rings is 4. The van der Waals surface area contributed by atoms with E-state index in [1.807, 2.05) is 42.5 Å². The fourth-order valence-electron chi connectivity index (χ4n) is 4.66. The molecule has 6 rings (SSSR count). The molecule has 0 atom stereocenters. The predicted molar refractivity (Wildman–Crippen MR) is 167 cm³/mol. The van der Waals surface area contributed by atoms with Crippen molar-refractivity contribution in [3.8, 4) is 34.9 Å². The number of nitriles is 1. The van der Waals surface area contributed by atoms with E-state index in [4.69, 9.17) is 23.6 Å². The van der Waals surface area contributed by atoms with Crippen molar-refractivity contribution in [1.29, 1.82) is 5.26 Å². The van der Waals surface area contributed by atoms with E-state index >= 15 is 0 Å². The van der Waals surface area contributed by atoms with Crippen LogP contribution in [0.2, 0.25) is 0 Å². The van der Waals surface area contributed by atoms with Gasteiger partial charge in [0.2, 0.25) is 11.6 Å². The Balaban J connectivity index is 1.41. The summed E-state index contributed by atoms with van der Waals surface area (Å²) in [5.41, 5.74) is 2.66. The predicted octanol–water partition coefficient (Wildman–Crippen LogP) is 6.92. The van der Waals surface area contributed by atoms with Crippen LogP contribution in [0.15, 0.2) is 104 Å². The number of hydrogen-bond donors (Lipinski definition) is 0. The number of halogens is 1. The van der Waals surface area contributed by atoms with E-state index in [1.54, 1.807) is 42.5 Å². The van der Waals surface area contributed by atoms with Gasteiger partial charge in [0.05, 0.1) is 43.0 Å². The van der Waals surface area contributed by atoms with Gasteiger partial charge in [-0.15, -0.1) is 0 Å². The van der Waals surface area contributed by atoms with Crippen molar-refractivity contribution in [2.45, 2.75) is 6.61 Å². The molecule has 0 amide bonds. The molecule has 0 bridgehead atoms. The molecule has 43 heavy (non-hydrogen) atoms. The Kier molecular flexibility index (Phi) is 7.64. The topological polar surface area (TPSA) is 112 Å². The van der Waals surface area contributed by atoms with Crippen molar-refractivity contribution < 1.29 is 18.6 Å². The maximum atomic E-state index is 13.7. The van der Waals surface area contributed by atoms with Crippen LogP contribution in [0.25, 0.3) is 33.5 Å². The number of furan rings is 1. The van der Waals surface area contributed by atoms with Crippen molar-refractivity contribution in [3.63, 3.8) is 0 Å². The van der Waals surface area contributed by atoms with Crippen molar-refractivity contribution in [1.82, 2.24) is 9.66 Å². The highest BCUT2D eigenvalue weighted by molar-refractivity contribution is 9.10. The zero-order chi connectivity index (χ0) is 29.9. The van der Waals surface area contributed by atoms with Crippen LogP contribution < -0.4 is 19.8 Å². The third-order valence-electron chi connectivity index (χ3n) is 6.77. The molecule has 10 heteroatoms. The van der Waals surface area contributed by atoms with E-state index in [9.17, 15) is 10.1 Å². The number of ether oxygens (including phenoxy) is 3. The smallest absolute Gasteiger partial charge is 0.282 e. The number of nitrogens with zero attached hydrogens (tertiary/aromatic N) is 4. The third kappa shape index (κ3) is 5.46. The van der Waals surface area contributed by atoms with E-state index < -0.39 is 0 Å². The molecule has 0 N–H and O–H groups in total. The summed E-state index contributed by atoms with van der Waals surface area (Å²) in [5, 5.41) is 15.2. The Hall–Kier alpha value is -5.40. The van der Waals surface area contributed by atoms with Crippen molar-refractivity contribution in [2.24, 2.45) is 5.10 Å². The summed E-state index contributed by atoms with van der Waals surface area (Å²) >= 11 is 3.49. The van der Waals surface area contributed by atoms with Crippen molar-refractivity contribution in [3.05, 3.63) is 116 Å². The first-order valence-corrected chi connectivity index (χ1v) is 13.9. The summed E-state index contributed by atoms with van der Waals surface area (Å²) < 4.78 is 25.5. The fourth-order valence-corrected chi connectivity index (χ4v) is 5.04. The molecule has 0 saturated heterocycles. The molecular weight excluding hydrogens is 612 g/mol. The zero-order valence-electron chi connectivity index (χ0n) is 23.1. The van der Waals surface area contributed by atoms with Gasteiger partial charge in [-0.3, -0.25) is 4.79 Å². The van der Waals surface area contributed by atoms with Crippen molar-refractivity contribution in [2.75, 3.05) is 14.2 Å². The molecule has 0 radical (unpaired) electrons. The molecule has 0 saturated carbocycles. The van der Waals surface area contributed by atoms with Gasteiger partial charge in [0.15, 0.2) is 17.3 Å². The first-order chi connectivity index (χ1) is 21.0. The lowest BCUT2D eigenvalue weighted by atomic mass is 10.1. The Morgan fingerprint density at radius 2 is 1.74 bits per heavy atom. The second-order valence-corrected chi connectivity index (χ2v) is 10.3. The van der Waals surface area contributed by atoms with Gasteiger partial charge >= 0.3 is 0 Å². The summed E-state index contributed by atoms with van der Waals surface area (Å²) in [6, 6.07) is 27.4. The third-order valence-corrected chi connectivity index (χ3v) is 7.26. The van der Waals surface area contributed by atoms with E-state index in [-0.39, 0.29) is 18.0 Å². The fraction of sp³-hybridized carbons (Fsp3) is 0.0909. The molecule has 0 unspecified atom stereocenters. The molecule has 0 aliphatic heterocycles. The van der Waals surface area contributed by atoms with Gasteiger partial charge in [-0.05, 0) is 54.6 Å². The van der Waals surface area contributed by atoms with Gasteiger partial charge in [0.25, 0.3) is 5.56 Å². The Labute approximate surface area is 254 Å². The Morgan fingerprint density at radius 1 is 1.00 bits per heavy atom. The van der Waals surface area contributed by atoms with Gasteiger partial charge in [-0.2, -0.15) is 15.0 Å². The maximum absolute atomic E-state index is 13.7. The average Bonchev–Trinajstić information content (AvgIpc) is 3.46. The van der Waals surface area contributed by atoms with Gasteiger partial charge in [-0.1, -0.05) is 46.3 Å². The summed E-state index contributed by atoms with van der Waals surface area (Å²) in [5.74, 6) is 1.80. The molecular formula is C33H23BrN4O5. The standard InChI is InChI=1S/C33H23BrN4O5/c1-40-28-13-20(14-29(41-2)31(28)42-19-22-8-4-3-7-21(22)17-35)18-36-38-32(37-26-10-6-5-9-25(26)33(38)39)30-16-23-15-24(34)11-12-27(23)43-30/h3-16,18H,19H2,1-2H3. The number of para-hydroxylation sites is 1. The summed E-state index contributed by atoms with van der Waals surface area (Å²) in [6.45, 7) is 0.138. The lowest BCUT2D eigenvalue weighted by molar-refractivity contribution is 0.265. The Bertz CT molecular complexity index is 2100. The molecule has 2 heterocycles.